The molecule has 0 spiro atoms. The Bertz CT molecular complexity index is 297. The second-order valence-electron chi connectivity index (χ2n) is 6.01. The van der Waals surface area contributed by atoms with E-state index in [-0.39, 0.29) is 5.91 Å². The van der Waals surface area contributed by atoms with Crippen LogP contribution in [-0.4, -0.2) is 43.9 Å². The Balaban J connectivity index is 1.54. The van der Waals surface area contributed by atoms with Gasteiger partial charge in [0, 0.05) is 26.4 Å². The van der Waals surface area contributed by atoms with Crippen molar-refractivity contribution in [1.82, 2.24) is 5.32 Å². The highest BCUT2D eigenvalue weighted by Gasteiger charge is 2.35. The quantitative estimate of drug-likeness (QED) is 0.722. The van der Waals surface area contributed by atoms with Crippen LogP contribution in [0.25, 0.3) is 0 Å². The van der Waals surface area contributed by atoms with Gasteiger partial charge in [0.2, 0.25) is 5.91 Å². The zero-order chi connectivity index (χ0) is 14.3. The molecule has 1 heterocycles. The highest BCUT2D eigenvalue weighted by molar-refractivity contribution is 5.86. The fraction of sp³-hybridized carbons (Fsp3) is 0.933. The maximum absolute atomic E-state index is 12.1. The third kappa shape index (κ3) is 4.72. The van der Waals surface area contributed by atoms with Crippen molar-refractivity contribution in [3.05, 3.63) is 0 Å². The van der Waals surface area contributed by atoms with Crippen molar-refractivity contribution >= 4 is 5.91 Å². The van der Waals surface area contributed by atoms with E-state index < -0.39 is 5.54 Å². The molecule has 0 aromatic rings. The van der Waals surface area contributed by atoms with Gasteiger partial charge >= 0.3 is 0 Å². The first-order valence-corrected chi connectivity index (χ1v) is 7.97. The molecular formula is C15H28N2O3. The summed E-state index contributed by atoms with van der Waals surface area (Å²) < 4.78 is 11.1. The van der Waals surface area contributed by atoms with Crippen LogP contribution < -0.4 is 11.1 Å². The van der Waals surface area contributed by atoms with E-state index in [4.69, 9.17) is 15.2 Å². The number of nitrogens with two attached hydrogens (primary N) is 1. The molecule has 0 aromatic heterocycles. The van der Waals surface area contributed by atoms with Gasteiger partial charge in [-0.2, -0.15) is 0 Å². The average molecular weight is 284 g/mol. The van der Waals surface area contributed by atoms with Crippen LogP contribution in [0, 0.1) is 0 Å². The van der Waals surface area contributed by atoms with Crippen LogP contribution in [-0.2, 0) is 14.3 Å². The summed E-state index contributed by atoms with van der Waals surface area (Å²) in [5.74, 6) is -0.0431. The van der Waals surface area contributed by atoms with Crippen molar-refractivity contribution in [1.29, 1.82) is 0 Å². The van der Waals surface area contributed by atoms with E-state index in [0.717, 1.165) is 13.0 Å². The molecule has 1 saturated carbocycles. The first-order chi connectivity index (χ1) is 9.71. The smallest absolute Gasteiger partial charge is 0.240 e. The van der Waals surface area contributed by atoms with E-state index >= 15 is 0 Å². The molecule has 2 fully saturated rings. The van der Waals surface area contributed by atoms with Gasteiger partial charge in [0.05, 0.1) is 11.6 Å². The highest BCUT2D eigenvalue weighted by atomic mass is 16.5. The van der Waals surface area contributed by atoms with E-state index in [9.17, 15) is 4.79 Å². The van der Waals surface area contributed by atoms with Gasteiger partial charge in [-0.15, -0.1) is 0 Å². The molecule has 0 aromatic carbocycles. The zero-order valence-corrected chi connectivity index (χ0v) is 12.4. The van der Waals surface area contributed by atoms with Crippen LogP contribution >= 0.6 is 0 Å². The van der Waals surface area contributed by atoms with Crippen LogP contribution in [0.2, 0.25) is 0 Å². The van der Waals surface area contributed by atoms with Gasteiger partial charge in [-0.05, 0) is 32.1 Å². The van der Waals surface area contributed by atoms with E-state index in [1.54, 1.807) is 0 Å². The van der Waals surface area contributed by atoms with Crippen molar-refractivity contribution < 1.29 is 14.3 Å². The van der Waals surface area contributed by atoms with Crippen molar-refractivity contribution in [2.75, 3.05) is 26.4 Å². The Morgan fingerprint density at radius 3 is 2.65 bits per heavy atom. The number of amides is 1. The van der Waals surface area contributed by atoms with Crippen molar-refractivity contribution in [2.24, 2.45) is 5.73 Å². The topological polar surface area (TPSA) is 73.6 Å². The number of hydrogen-bond acceptors (Lipinski definition) is 4. The molecule has 3 N–H and O–H groups in total. The summed E-state index contributed by atoms with van der Waals surface area (Å²) in [7, 11) is 0. The molecule has 0 radical (unpaired) electrons. The van der Waals surface area contributed by atoms with Gasteiger partial charge < -0.3 is 20.5 Å². The Morgan fingerprint density at radius 1 is 1.25 bits per heavy atom. The number of carbonyl (C=O) groups excluding carboxylic acids is 1. The Labute approximate surface area is 121 Å². The maximum atomic E-state index is 12.1. The summed E-state index contributed by atoms with van der Waals surface area (Å²) in [5.41, 5.74) is 5.38. The maximum Gasteiger partial charge on any atom is 0.240 e. The molecule has 0 bridgehead atoms. The summed E-state index contributed by atoms with van der Waals surface area (Å²) in [6, 6.07) is 0. The number of nitrogens with one attached hydrogen (secondary N) is 1. The number of rotatable bonds is 6. The zero-order valence-electron chi connectivity index (χ0n) is 12.4. The monoisotopic (exact) mass is 284 g/mol. The largest absolute Gasteiger partial charge is 0.381 e. The van der Waals surface area contributed by atoms with Gasteiger partial charge in [-0.3, -0.25) is 4.79 Å². The van der Waals surface area contributed by atoms with Gasteiger partial charge in [0.15, 0.2) is 0 Å². The van der Waals surface area contributed by atoms with Crippen LogP contribution in [0.3, 0.4) is 0 Å². The minimum absolute atomic E-state index is 0.0431. The van der Waals surface area contributed by atoms with E-state index in [1.165, 1.54) is 32.1 Å². The third-order valence-electron chi connectivity index (χ3n) is 4.35. The van der Waals surface area contributed by atoms with Crippen LogP contribution in [0.15, 0.2) is 0 Å². The molecule has 1 saturated heterocycles. The summed E-state index contributed by atoms with van der Waals surface area (Å²) in [5, 5.41) is 2.93. The molecule has 2 aliphatic rings. The Hall–Kier alpha value is -0.650. The van der Waals surface area contributed by atoms with Gasteiger partial charge in [0.25, 0.3) is 0 Å². The van der Waals surface area contributed by atoms with E-state index in [1.807, 2.05) is 0 Å². The molecule has 0 unspecified atom stereocenters. The van der Waals surface area contributed by atoms with Crippen LogP contribution in [0.4, 0.5) is 0 Å². The second kappa shape index (κ2) is 7.96. The lowest BCUT2D eigenvalue weighted by atomic mass is 9.90. The van der Waals surface area contributed by atoms with Gasteiger partial charge in [0.1, 0.15) is 0 Å². The summed E-state index contributed by atoms with van der Waals surface area (Å²) in [6.45, 7) is 2.53. The lowest BCUT2D eigenvalue weighted by Crippen LogP contribution is -2.57. The molecule has 1 amide bonds. The van der Waals surface area contributed by atoms with E-state index in [2.05, 4.69) is 5.32 Å². The van der Waals surface area contributed by atoms with E-state index in [0.29, 0.717) is 38.7 Å². The summed E-state index contributed by atoms with van der Waals surface area (Å²) in [6.07, 6.45) is 8.83. The molecule has 20 heavy (non-hydrogen) atoms. The van der Waals surface area contributed by atoms with Crippen LogP contribution in [0.1, 0.15) is 51.4 Å². The van der Waals surface area contributed by atoms with Crippen molar-refractivity contribution in [3.63, 3.8) is 0 Å². The third-order valence-corrected chi connectivity index (χ3v) is 4.35. The molecule has 2 rings (SSSR count). The van der Waals surface area contributed by atoms with Crippen LogP contribution in [0.5, 0.6) is 0 Å². The molecular weight excluding hydrogens is 256 g/mol. The first-order valence-electron chi connectivity index (χ1n) is 7.97. The molecule has 0 atom stereocenters. The van der Waals surface area contributed by atoms with Gasteiger partial charge in [-0.25, -0.2) is 0 Å². The number of ether oxygens (including phenoxy) is 2. The molecule has 1 aliphatic heterocycles. The first kappa shape index (κ1) is 15.7. The van der Waals surface area contributed by atoms with Crippen molar-refractivity contribution in [2.45, 2.75) is 63.0 Å². The van der Waals surface area contributed by atoms with Gasteiger partial charge in [-0.1, -0.05) is 19.3 Å². The second-order valence-corrected chi connectivity index (χ2v) is 6.01. The molecule has 1 aliphatic carbocycles. The normalized spacial score (nSPS) is 23.4. The Morgan fingerprint density at radius 2 is 1.95 bits per heavy atom. The fourth-order valence-electron chi connectivity index (χ4n) is 2.89. The molecule has 116 valence electrons. The lowest BCUT2D eigenvalue weighted by molar-refractivity contribution is -0.129. The highest BCUT2D eigenvalue weighted by Crippen LogP contribution is 2.20. The number of carbonyl (C=O) groups is 1. The minimum Gasteiger partial charge on any atom is -0.381 e. The minimum atomic E-state index is -0.734. The predicted molar refractivity (Wildman–Crippen MR) is 77.4 cm³/mol. The standard InChI is InChI=1S/C15H28N2O3/c16-15(7-11-19-12-8-15)14(18)17-9-4-10-20-13-5-2-1-3-6-13/h13H,1-12,16H2,(H,17,18). The lowest BCUT2D eigenvalue weighted by Gasteiger charge is -2.31. The number of hydrogen-bond donors (Lipinski definition) is 2. The molecule has 5 heteroatoms. The fourth-order valence-corrected chi connectivity index (χ4v) is 2.89. The Kier molecular flexibility index (Phi) is 6.26. The summed E-state index contributed by atoms with van der Waals surface area (Å²) in [4.78, 5) is 12.1. The average Bonchev–Trinajstić information content (AvgIpc) is 2.48. The van der Waals surface area contributed by atoms with Crippen molar-refractivity contribution in [3.8, 4) is 0 Å². The SMILES string of the molecule is NC1(C(=O)NCCCOC2CCCCC2)CCOCC1. The summed E-state index contributed by atoms with van der Waals surface area (Å²) >= 11 is 0. The molecule has 5 nitrogen and oxygen atoms in total. The predicted octanol–water partition coefficient (Wildman–Crippen LogP) is 1.35.